The fraction of sp³-hybridized carbons (Fsp3) is 0.667. The van der Waals surface area contributed by atoms with E-state index in [1.54, 1.807) is 0 Å². The first-order valence-electron chi connectivity index (χ1n) is 5.49. The van der Waals surface area contributed by atoms with E-state index >= 15 is 0 Å². The zero-order chi connectivity index (χ0) is 9.10. The molecule has 0 amide bonds. The van der Waals surface area contributed by atoms with Crippen LogP contribution in [0.5, 0.6) is 0 Å². The molecule has 0 aromatic rings. The van der Waals surface area contributed by atoms with Gasteiger partial charge in [0.25, 0.3) is 0 Å². The highest BCUT2D eigenvalue weighted by atomic mass is 15.1. The molecule has 0 N–H and O–H groups in total. The van der Waals surface area contributed by atoms with E-state index in [1.807, 2.05) is 0 Å². The highest BCUT2D eigenvalue weighted by Gasteiger charge is 2.13. The Labute approximate surface area is 81.1 Å². The minimum atomic E-state index is 0.738. The van der Waals surface area contributed by atoms with Crippen LogP contribution in [-0.4, -0.2) is 18.0 Å². The Morgan fingerprint density at radius 2 is 2.00 bits per heavy atom. The number of rotatable bonds is 1. The molecule has 13 heavy (non-hydrogen) atoms. The Morgan fingerprint density at radius 1 is 1.23 bits per heavy atom. The highest BCUT2D eigenvalue weighted by molar-refractivity contribution is 5.22. The highest BCUT2D eigenvalue weighted by Crippen LogP contribution is 2.22. The molecule has 72 valence electrons. The third-order valence-corrected chi connectivity index (χ3v) is 2.97. The standard InChI is InChI=1S/C12H19N/c1-11-6-5-7-12(10-11)13-8-3-2-4-9-13/h5,7,10-11H,2-4,6,8-9H2,1H3. The maximum absolute atomic E-state index is 2.54. The summed E-state index contributed by atoms with van der Waals surface area (Å²) in [5, 5.41) is 0. The zero-order valence-corrected chi connectivity index (χ0v) is 8.50. The predicted molar refractivity (Wildman–Crippen MR) is 56.4 cm³/mol. The van der Waals surface area contributed by atoms with Crippen LogP contribution in [-0.2, 0) is 0 Å². The van der Waals surface area contributed by atoms with Gasteiger partial charge in [0.1, 0.15) is 0 Å². The van der Waals surface area contributed by atoms with Gasteiger partial charge in [-0.1, -0.05) is 19.1 Å². The van der Waals surface area contributed by atoms with Crippen LogP contribution >= 0.6 is 0 Å². The van der Waals surface area contributed by atoms with Crippen LogP contribution in [0.3, 0.4) is 0 Å². The summed E-state index contributed by atoms with van der Waals surface area (Å²) in [7, 11) is 0. The van der Waals surface area contributed by atoms with Crippen molar-refractivity contribution in [1.29, 1.82) is 0 Å². The lowest BCUT2D eigenvalue weighted by Crippen LogP contribution is -2.29. The number of hydrogen-bond acceptors (Lipinski definition) is 1. The molecule has 1 nitrogen and oxygen atoms in total. The summed E-state index contributed by atoms with van der Waals surface area (Å²) >= 11 is 0. The molecule has 1 heterocycles. The molecule has 0 aromatic heterocycles. The molecule has 1 unspecified atom stereocenters. The van der Waals surface area contributed by atoms with E-state index in [1.165, 1.54) is 44.5 Å². The van der Waals surface area contributed by atoms with Crippen molar-refractivity contribution in [1.82, 2.24) is 4.90 Å². The first kappa shape index (κ1) is 8.86. The van der Waals surface area contributed by atoms with Crippen LogP contribution in [0.25, 0.3) is 0 Å². The smallest absolute Gasteiger partial charge is 0.0325 e. The summed E-state index contributed by atoms with van der Waals surface area (Å²) in [5.74, 6) is 0.738. The topological polar surface area (TPSA) is 3.24 Å². The third-order valence-electron chi connectivity index (χ3n) is 2.97. The molecule has 0 aromatic carbocycles. The van der Waals surface area contributed by atoms with Crippen molar-refractivity contribution in [3.8, 4) is 0 Å². The van der Waals surface area contributed by atoms with E-state index in [0.29, 0.717) is 0 Å². The van der Waals surface area contributed by atoms with Gasteiger partial charge in [-0.15, -0.1) is 0 Å². The van der Waals surface area contributed by atoms with Crippen LogP contribution in [0.1, 0.15) is 32.6 Å². The number of piperidine rings is 1. The second-order valence-corrected chi connectivity index (χ2v) is 4.25. The van der Waals surface area contributed by atoms with Gasteiger partial charge in [0.15, 0.2) is 0 Å². The molecule has 1 saturated heterocycles. The lowest BCUT2D eigenvalue weighted by molar-refractivity contribution is 0.290. The van der Waals surface area contributed by atoms with Gasteiger partial charge in [-0.25, -0.2) is 0 Å². The first-order chi connectivity index (χ1) is 6.36. The second kappa shape index (κ2) is 3.99. The van der Waals surface area contributed by atoms with Gasteiger partial charge in [0.2, 0.25) is 0 Å². The third kappa shape index (κ3) is 2.15. The van der Waals surface area contributed by atoms with E-state index in [0.717, 1.165) is 5.92 Å². The number of allylic oxidation sites excluding steroid dienone is 3. The van der Waals surface area contributed by atoms with Crippen LogP contribution < -0.4 is 0 Å². The van der Waals surface area contributed by atoms with Crippen LogP contribution in [0.15, 0.2) is 23.9 Å². The average Bonchev–Trinajstić information content (AvgIpc) is 2.19. The number of likely N-dealkylation sites (tertiary alicyclic amines) is 1. The number of nitrogens with zero attached hydrogens (tertiary/aromatic N) is 1. The van der Waals surface area contributed by atoms with E-state index in [9.17, 15) is 0 Å². The van der Waals surface area contributed by atoms with E-state index in [4.69, 9.17) is 0 Å². The second-order valence-electron chi connectivity index (χ2n) is 4.25. The minimum Gasteiger partial charge on any atom is -0.372 e. The van der Waals surface area contributed by atoms with Gasteiger partial charge in [0.05, 0.1) is 0 Å². The van der Waals surface area contributed by atoms with Crippen LogP contribution in [0.4, 0.5) is 0 Å². The minimum absolute atomic E-state index is 0.738. The van der Waals surface area contributed by atoms with Crippen molar-refractivity contribution >= 4 is 0 Å². The van der Waals surface area contributed by atoms with Crippen molar-refractivity contribution in [3.63, 3.8) is 0 Å². The van der Waals surface area contributed by atoms with Crippen molar-refractivity contribution < 1.29 is 0 Å². The van der Waals surface area contributed by atoms with Gasteiger partial charge < -0.3 is 4.90 Å². The Hall–Kier alpha value is -0.720. The molecular formula is C12H19N. The molecule has 2 aliphatic rings. The molecule has 1 fully saturated rings. The maximum atomic E-state index is 2.54. The van der Waals surface area contributed by atoms with Gasteiger partial charge in [-0.3, -0.25) is 0 Å². The van der Waals surface area contributed by atoms with Gasteiger partial charge >= 0.3 is 0 Å². The summed E-state index contributed by atoms with van der Waals surface area (Å²) < 4.78 is 0. The lowest BCUT2D eigenvalue weighted by atomic mass is 9.99. The fourth-order valence-corrected chi connectivity index (χ4v) is 2.18. The van der Waals surface area contributed by atoms with Crippen molar-refractivity contribution in [3.05, 3.63) is 23.9 Å². The summed E-state index contributed by atoms with van der Waals surface area (Å²) in [6.45, 7) is 4.83. The Kier molecular flexibility index (Phi) is 2.72. The monoisotopic (exact) mass is 177 g/mol. The Bertz CT molecular complexity index is 221. The molecule has 1 atom stereocenters. The predicted octanol–water partition coefficient (Wildman–Crippen LogP) is 2.95. The summed E-state index contributed by atoms with van der Waals surface area (Å²) in [6, 6.07) is 0. The molecule has 1 aliphatic carbocycles. The number of hydrogen-bond donors (Lipinski definition) is 0. The van der Waals surface area contributed by atoms with E-state index in [2.05, 4.69) is 30.1 Å². The molecule has 0 bridgehead atoms. The quantitative estimate of drug-likeness (QED) is 0.595. The van der Waals surface area contributed by atoms with Gasteiger partial charge in [-0.2, -0.15) is 0 Å². The molecule has 1 aliphatic heterocycles. The Morgan fingerprint density at radius 3 is 2.69 bits per heavy atom. The summed E-state index contributed by atoms with van der Waals surface area (Å²) in [5.41, 5.74) is 1.47. The summed E-state index contributed by atoms with van der Waals surface area (Å²) in [4.78, 5) is 2.54. The van der Waals surface area contributed by atoms with Crippen LogP contribution in [0, 0.1) is 5.92 Å². The maximum Gasteiger partial charge on any atom is 0.0325 e. The van der Waals surface area contributed by atoms with Crippen molar-refractivity contribution in [2.24, 2.45) is 5.92 Å². The molecular weight excluding hydrogens is 158 g/mol. The molecule has 0 spiro atoms. The average molecular weight is 177 g/mol. The Balaban J connectivity index is 2.02. The SMILES string of the molecule is CC1C=C(N2CCCCC2)C=CC1. The van der Waals surface area contributed by atoms with Gasteiger partial charge in [0, 0.05) is 18.8 Å². The fourth-order valence-electron chi connectivity index (χ4n) is 2.18. The van der Waals surface area contributed by atoms with Gasteiger partial charge in [-0.05, 0) is 37.7 Å². The lowest BCUT2D eigenvalue weighted by Gasteiger charge is -2.31. The largest absolute Gasteiger partial charge is 0.372 e. The van der Waals surface area contributed by atoms with Crippen molar-refractivity contribution in [2.45, 2.75) is 32.6 Å². The molecule has 1 heteroatoms. The van der Waals surface area contributed by atoms with E-state index < -0.39 is 0 Å². The molecule has 0 saturated carbocycles. The normalized spacial score (nSPS) is 28.8. The van der Waals surface area contributed by atoms with Crippen LogP contribution in [0.2, 0.25) is 0 Å². The van der Waals surface area contributed by atoms with Crippen molar-refractivity contribution in [2.75, 3.05) is 13.1 Å². The molecule has 2 rings (SSSR count). The first-order valence-corrected chi connectivity index (χ1v) is 5.49. The molecule has 0 radical (unpaired) electrons. The zero-order valence-electron chi connectivity index (χ0n) is 8.50. The van der Waals surface area contributed by atoms with E-state index in [-0.39, 0.29) is 0 Å². The summed E-state index contributed by atoms with van der Waals surface area (Å²) in [6.07, 6.45) is 12.4.